The van der Waals surface area contributed by atoms with Crippen LogP contribution in [0, 0.1) is 5.82 Å². The van der Waals surface area contributed by atoms with Crippen molar-refractivity contribution in [3.05, 3.63) is 58.9 Å². The summed E-state index contributed by atoms with van der Waals surface area (Å²) in [4.78, 5) is 12.3. The number of sulfonamides is 1. The van der Waals surface area contributed by atoms with Crippen LogP contribution < -0.4 is 10.0 Å². The lowest BCUT2D eigenvalue weighted by molar-refractivity contribution is 0.102. The molecule has 0 radical (unpaired) electrons. The number of halogens is 2. The molecule has 1 saturated carbocycles. The van der Waals surface area contributed by atoms with E-state index in [0.29, 0.717) is 5.69 Å². The molecule has 0 unspecified atom stereocenters. The molecule has 0 bridgehead atoms. The lowest BCUT2D eigenvalue weighted by Gasteiger charge is -2.13. The summed E-state index contributed by atoms with van der Waals surface area (Å²) in [6.45, 7) is 0. The Hall–Kier alpha value is -1.96. The van der Waals surface area contributed by atoms with Crippen molar-refractivity contribution in [2.24, 2.45) is 0 Å². The van der Waals surface area contributed by atoms with E-state index in [1.807, 2.05) is 0 Å². The highest BCUT2D eigenvalue weighted by Crippen LogP contribution is 2.22. The minimum atomic E-state index is -3.59. The Bertz CT molecular complexity index is 911. The van der Waals surface area contributed by atoms with Crippen LogP contribution in [-0.4, -0.2) is 20.4 Å². The smallest absolute Gasteiger partial charge is 0.258 e. The monoisotopic (exact) mass is 396 g/mol. The molecular formula is C18H18ClFN2O3S. The van der Waals surface area contributed by atoms with Crippen molar-refractivity contribution in [3.8, 4) is 0 Å². The molecule has 2 N–H and O–H groups in total. The van der Waals surface area contributed by atoms with Crippen molar-refractivity contribution in [1.82, 2.24) is 4.72 Å². The van der Waals surface area contributed by atoms with E-state index in [4.69, 9.17) is 11.6 Å². The third kappa shape index (κ3) is 4.41. The fourth-order valence-corrected chi connectivity index (χ4v) is 4.40. The lowest BCUT2D eigenvalue weighted by atomic mass is 10.2. The van der Waals surface area contributed by atoms with E-state index in [1.165, 1.54) is 36.4 Å². The molecule has 0 aromatic heterocycles. The van der Waals surface area contributed by atoms with E-state index in [0.717, 1.165) is 31.7 Å². The highest BCUT2D eigenvalue weighted by atomic mass is 35.5. The molecule has 0 atom stereocenters. The number of anilines is 1. The number of rotatable bonds is 5. The number of hydrogen-bond donors (Lipinski definition) is 2. The van der Waals surface area contributed by atoms with Gasteiger partial charge in [0.2, 0.25) is 10.0 Å². The summed E-state index contributed by atoms with van der Waals surface area (Å²) in [6.07, 6.45) is 3.74. The van der Waals surface area contributed by atoms with Gasteiger partial charge in [-0.25, -0.2) is 17.5 Å². The van der Waals surface area contributed by atoms with E-state index < -0.39 is 21.7 Å². The van der Waals surface area contributed by atoms with E-state index in [2.05, 4.69) is 10.0 Å². The predicted molar refractivity (Wildman–Crippen MR) is 98.4 cm³/mol. The summed E-state index contributed by atoms with van der Waals surface area (Å²) in [5, 5.41) is 2.77. The number of carbonyl (C=O) groups excluding carboxylic acids is 1. The summed E-state index contributed by atoms with van der Waals surface area (Å²) in [5.74, 6) is -1.35. The SMILES string of the molecule is O=C(Nc1ccc(S(=O)(=O)NC2CCCC2)cc1)c1cc(Cl)ccc1F. The van der Waals surface area contributed by atoms with Crippen molar-refractivity contribution in [1.29, 1.82) is 0 Å². The fraction of sp³-hybridized carbons (Fsp3) is 0.278. The summed E-state index contributed by atoms with van der Waals surface area (Å²) < 4.78 is 41.1. The molecule has 0 saturated heterocycles. The second kappa shape index (κ2) is 7.73. The molecule has 26 heavy (non-hydrogen) atoms. The van der Waals surface area contributed by atoms with Gasteiger partial charge in [-0.1, -0.05) is 24.4 Å². The average molecular weight is 397 g/mol. The van der Waals surface area contributed by atoms with Crippen molar-refractivity contribution in [3.63, 3.8) is 0 Å². The van der Waals surface area contributed by atoms with Crippen molar-refractivity contribution in [2.75, 3.05) is 5.32 Å². The second-order valence-electron chi connectivity index (χ2n) is 6.21. The van der Waals surface area contributed by atoms with Crippen LogP contribution in [0.15, 0.2) is 47.4 Å². The Morgan fingerprint density at radius 1 is 1.08 bits per heavy atom. The Morgan fingerprint density at radius 2 is 1.73 bits per heavy atom. The van der Waals surface area contributed by atoms with Gasteiger partial charge in [-0.05, 0) is 55.3 Å². The molecule has 0 heterocycles. The van der Waals surface area contributed by atoms with Crippen LogP contribution in [0.4, 0.5) is 10.1 Å². The summed E-state index contributed by atoms with van der Waals surface area (Å²) in [5.41, 5.74) is 0.172. The first-order valence-corrected chi connectivity index (χ1v) is 10.1. The lowest BCUT2D eigenvalue weighted by Crippen LogP contribution is -2.32. The van der Waals surface area contributed by atoms with Gasteiger partial charge in [0, 0.05) is 16.8 Å². The van der Waals surface area contributed by atoms with E-state index in [-0.39, 0.29) is 21.5 Å². The molecule has 1 aliphatic rings. The molecular weight excluding hydrogens is 379 g/mol. The topological polar surface area (TPSA) is 75.3 Å². The standard InChI is InChI=1S/C18H18ClFN2O3S/c19-12-5-10-17(20)16(11-12)18(23)21-13-6-8-15(9-7-13)26(24,25)22-14-3-1-2-4-14/h5-11,14,22H,1-4H2,(H,21,23). The van der Waals surface area contributed by atoms with Crippen molar-refractivity contribution >= 4 is 33.2 Å². The maximum atomic E-state index is 13.7. The molecule has 1 aliphatic carbocycles. The minimum absolute atomic E-state index is 0.0230. The zero-order valence-electron chi connectivity index (χ0n) is 13.8. The first-order chi connectivity index (χ1) is 12.3. The molecule has 0 spiro atoms. The van der Waals surface area contributed by atoms with E-state index in [9.17, 15) is 17.6 Å². The van der Waals surface area contributed by atoms with Gasteiger partial charge in [0.1, 0.15) is 5.82 Å². The molecule has 8 heteroatoms. The Morgan fingerprint density at radius 3 is 2.38 bits per heavy atom. The van der Waals surface area contributed by atoms with Gasteiger partial charge in [0.25, 0.3) is 5.91 Å². The van der Waals surface area contributed by atoms with Gasteiger partial charge in [0.15, 0.2) is 0 Å². The van der Waals surface area contributed by atoms with Crippen LogP contribution >= 0.6 is 11.6 Å². The molecule has 1 amide bonds. The largest absolute Gasteiger partial charge is 0.322 e. The number of benzene rings is 2. The first kappa shape index (κ1) is 18.8. The van der Waals surface area contributed by atoms with Crippen molar-refractivity contribution < 1.29 is 17.6 Å². The van der Waals surface area contributed by atoms with E-state index in [1.54, 1.807) is 0 Å². The zero-order valence-corrected chi connectivity index (χ0v) is 15.4. The zero-order chi connectivity index (χ0) is 18.7. The van der Waals surface area contributed by atoms with Crippen LogP contribution in [0.1, 0.15) is 36.0 Å². The number of nitrogens with one attached hydrogen (secondary N) is 2. The number of hydrogen-bond acceptors (Lipinski definition) is 3. The van der Waals surface area contributed by atoms with Crippen molar-refractivity contribution in [2.45, 2.75) is 36.6 Å². The van der Waals surface area contributed by atoms with Crippen LogP contribution in [0.2, 0.25) is 5.02 Å². The third-order valence-corrected chi connectivity index (χ3v) is 6.04. The van der Waals surface area contributed by atoms with Crippen LogP contribution in [0.25, 0.3) is 0 Å². The van der Waals surface area contributed by atoms with Crippen LogP contribution in [0.3, 0.4) is 0 Å². The van der Waals surface area contributed by atoms with Gasteiger partial charge in [-0.15, -0.1) is 0 Å². The van der Waals surface area contributed by atoms with E-state index >= 15 is 0 Å². The third-order valence-electron chi connectivity index (χ3n) is 4.27. The average Bonchev–Trinajstić information content (AvgIpc) is 3.09. The molecule has 0 aliphatic heterocycles. The molecule has 138 valence electrons. The summed E-state index contributed by atoms with van der Waals surface area (Å²) in [7, 11) is -3.59. The second-order valence-corrected chi connectivity index (χ2v) is 8.36. The maximum Gasteiger partial charge on any atom is 0.258 e. The highest BCUT2D eigenvalue weighted by molar-refractivity contribution is 7.89. The first-order valence-electron chi connectivity index (χ1n) is 8.24. The normalized spacial score (nSPS) is 15.2. The van der Waals surface area contributed by atoms with Gasteiger partial charge in [-0.2, -0.15) is 0 Å². The predicted octanol–water partition coefficient (Wildman–Crippen LogP) is 3.95. The Kier molecular flexibility index (Phi) is 5.60. The minimum Gasteiger partial charge on any atom is -0.322 e. The fourth-order valence-electron chi connectivity index (χ4n) is 2.92. The quantitative estimate of drug-likeness (QED) is 0.803. The highest BCUT2D eigenvalue weighted by Gasteiger charge is 2.23. The molecule has 1 fully saturated rings. The van der Waals surface area contributed by atoms with Gasteiger partial charge < -0.3 is 5.32 Å². The van der Waals surface area contributed by atoms with Gasteiger partial charge in [-0.3, -0.25) is 4.79 Å². The summed E-state index contributed by atoms with van der Waals surface area (Å²) in [6, 6.07) is 9.41. The molecule has 3 rings (SSSR count). The van der Waals surface area contributed by atoms with Gasteiger partial charge >= 0.3 is 0 Å². The Labute approximate surface area is 156 Å². The maximum absolute atomic E-state index is 13.7. The van der Waals surface area contributed by atoms with Gasteiger partial charge in [0.05, 0.1) is 10.5 Å². The van der Waals surface area contributed by atoms with Crippen LogP contribution in [0.5, 0.6) is 0 Å². The molecule has 2 aromatic carbocycles. The summed E-state index contributed by atoms with van der Waals surface area (Å²) >= 11 is 5.78. The Balaban J connectivity index is 1.71. The number of amides is 1. The molecule has 5 nitrogen and oxygen atoms in total. The van der Waals surface area contributed by atoms with Crippen LogP contribution in [-0.2, 0) is 10.0 Å². The molecule has 2 aromatic rings. The number of carbonyl (C=O) groups is 1.